The van der Waals surface area contributed by atoms with Crippen LogP contribution in [0.4, 0.5) is 4.79 Å². The topological polar surface area (TPSA) is 69.6 Å². The third kappa shape index (κ3) is 3.37. The zero-order valence-electron chi connectivity index (χ0n) is 11.5. The minimum Gasteiger partial charge on any atom is -0.481 e. The van der Waals surface area contributed by atoms with Gasteiger partial charge in [-0.3, -0.25) is 4.79 Å². The van der Waals surface area contributed by atoms with E-state index in [0.717, 1.165) is 25.7 Å². The summed E-state index contributed by atoms with van der Waals surface area (Å²) in [4.78, 5) is 24.5. The Morgan fingerprint density at radius 3 is 2.33 bits per heavy atom. The van der Waals surface area contributed by atoms with Crippen molar-refractivity contribution in [3.8, 4) is 0 Å². The monoisotopic (exact) mass is 256 g/mol. The quantitative estimate of drug-likeness (QED) is 0.764. The van der Waals surface area contributed by atoms with E-state index in [9.17, 15) is 9.59 Å². The number of carboxylic acid groups (broad SMARTS) is 1. The first-order chi connectivity index (χ1) is 8.44. The minimum atomic E-state index is -0.866. The molecule has 1 atom stereocenters. The van der Waals surface area contributed by atoms with Crippen LogP contribution in [0.15, 0.2) is 0 Å². The van der Waals surface area contributed by atoms with Gasteiger partial charge in [-0.25, -0.2) is 4.79 Å². The number of amides is 2. The molecular formula is C13H24N2O3. The van der Waals surface area contributed by atoms with E-state index in [1.807, 2.05) is 6.92 Å². The van der Waals surface area contributed by atoms with Crippen molar-refractivity contribution in [2.45, 2.75) is 52.0 Å². The normalized spacial score (nSPS) is 18.6. The summed E-state index contributed by atoms with van der Waals surface area (Å²) in [6.07, 6.45) is 4.15. The highest BCUT2D eigenvalue weighted by Gasteiger charge is 2.37. The number of carbonyl (C=O) groups is 2. The van der Waals surface area contributed by atoms with E-state index in [0.29, 0.717) is 6.54 Å². The molecule has 0 saturated heterocycles. The summed E-state index contributed by atoms with van der Waals surface area (Å²) in [6.45, 7) is 6.36. The van der Waals surface area contributed by atoms with E-state index in [-0.39, 0.29) is 18.1 Å². The van der Waals surface area contributed by atoms with Gasteiger partial charge in [-0.2, -0.15) is 0 Å². The zero-order chi connectivity index (χ0) is 13.8. The molecule has 0 heterocycles. The summed E-state index contributed by atoms with van der Waals surface area (Å²) in [5.74, 6) is -1.40. The van der Waals surface area contributed by atoms with Crippen LogP contribution in [0.1, 0.15) is 46.5 Å². The lowest BCUT2D eigenvalue weighted by atomic mass is 9.75. The number of nitrogens with zero attached hydrogens (tertiary/aromatic N) is 1. The van der Waals surface area contributed by atoms with Crippen LogP contribution >= 0.6 is 0 Å². The summed E-state index contributed by atoms with van der Waals surface area (Å²) in [5, 5.41) is 12.0. The molecule has 2 N–H and O–H groups in total. The Bertz CT molecular complexity index is 308. The van der Waals surface area contributed by atoms with Gasteiger partial charge in [0.05, 0.1) is 5.92 Å². The summed E-state index contributed by atoms with van der Waals surface area (Å²) < 4.78 is 0. The molecule has 0 spiro atoms. The molecule has 1 aliphatic carbocycles. The number of hydrogen-bond acceptors (Lipinski definition) is 2. The maximum Gasteiger partial charge on any atom is 0.317 e. The second kappa shape index (κ2) is 6.07. The predicted octanol–water partition coefficient (Wildman–Crippen LogP) is 2.07. The summed E-state index contributed by atoms with van der Waals surface area (Å²) >= 11 is 0. The largest absolute Gasteiger partial charge is 0.481 e. The average Bonchev–Trinajstić information content (AvgIpc) is 2.29. The van der Waals surface area contributed by atoms with Crippen molar-refractivity contribution < 1.29 is 14.7 Å². The van der Waals surface area contributed by atoms with Crippen molar-refractivity contribution in [2.75, 3.05) is 13.1 Å². The molecule has 5 nitrogen and oxygen atoms in total. The van der Waals surface area contributed by atoms with Gasteiger partial charge in [-0.05, 0) is 32.6 Å². The van der Waals surface area contributed by atoms with E-state index in [1.54, 1.807) is 11.8 Å². The van der Waals surface area contributed by atoms with Gasteiger partial charge in [0.25, 0.3) is 0 Å². The molecule has 1 aliphatic rings. The Kier molecular flexibility index (Phi) is 4.99. The van der Waals surface area contributed by atoms with Gasteiger partial charge in [0.2, 0.25) is 0 Å². The molecule has 104 valence electrons. The molecule has 0 aromatic carbocycles. The Labute approximate surface area is 109 Å². The van der Waals surface area contributed by atoms with Crippen molar-refractivity contribution >= 4 is 12.0 Å². The van der Waals surface area contributed by atoms with Crippen LogP contribution in [0.5, 0.6) is 0 Å². The molecule has 0 radical (unpaired) electrons. The molecule has 1 saturated carbocycles. The summed E-state index contributed by atoms with van der Waals surface area (Å²) in [6, 6.07) is -0.132. The molecule has 0 aromatic rings. The fourth-order valence-electron chi connectivity index (χ4n) is 2.24. The average molecular weight is 256 g/mol. The van der Waals surface area contributed by atoms with Gasteiger partial charge in [0, 0.05) is 18.6 Å². The van der Waals surface area contributed by atoms with Gasteiger partial charge in [0.1, 0.15) is 0 Å². The van der Waals surface area contributed by atoms with Crippen LogP contribution in [0.3, 0.4) is 0 Å². The molecular weight excluding hydrogens is 232 g/mol. The fraction of sp³-hybridized carbons (Fsp3) is 0.846. The third-order valence-corrected chi connectivity index (χ3v) is 3.94. The van der Waals surface area contributed by atoms with E-state index < -0.39 is 11.9 Å². The minimum absolute atomic E-state index is 0.0447. The van der Waals surface area contributed by atoms with Gasteiger partial charge in [0.15, 0.2) is 0 Å². The van der Waals surface area contributed by atoms with Gasteiger partial charge in [-0.15, -0.1) is 0 Å². The lowest BCUT2D eigenvalue weighted by molar-refractivity contribution is -0.141. The Balaban J connectivity index is 2.54. The first kappa shape index (κ1) is 14.8. The van der Waals surface area contributed by atoms with Crippen molar-refractivity contribution in [1.29, 1.82) is 0 Å². The van der Waals surface area contributed by atoms with Crippen molar-refractivity contribution in [3.63, 3.8) is 0 Å². The number of urea groups is 1. The number of hydrogen-bond donors (Lipinski definition) is 2. The number of carboxylic acids is 1. The van der Waals surface area contributed by atoms with Crippen LogP contribution in [0.25, 0.3) is 0 Å². The first-order valence-corrected chi connectivity index (χ1v) is 6.74. The van der Waals surface area contributed by atoms with E-state index in [4.69, 9.17) is 5.11 Å². The lowest BCUT2D eigenvalue weighted by Gasteiger charge is -2.43. The number of nitrogens with one attached hydrogen (secondary N) is 1. The molecule has 2 amide bonds. The molecule has 1 fully saturated rings. The van der Waals surface area contributed by atoms with Gasteiger partial charge >= 0.3 is 12.0 Å². The summed E-state index contributed by atoms with van der Waals surface area (Å²) in [5.41, 5.74) is -0.0447. The van der Waals surface area contributed by atoms with Crippen LogP contribution in [-0.2, 0) is 4.79 Å². The van der Waals surface area contributed by atoms with Gasteiger partial charge in [-0.1, -0.05) is 13.8 Å². The van der Waals surface area contributed by atoms with E-state index in [2.05, 4.69) is 12.2 Å². The van der Waals surface area contributed by atoms with Crippen molar-refractivity contribution in [2.24, 2.45) is 5.92 Å². The number of carbonyl (C=O) groups excluding carboxylic acids is 1. The SMILES string of the molecule is CCN(CC(C)C(=O)O)C(=O)NC1(CC)CCC1. The van der Waals surface area contributed by atoms with Crippen molar-refractivity contribution in [1.82, 2.24) is 10.2 Å². The molecule has 0 aromatic heterocycles. The Morgan fingerprint density at radius 1 is 1.39 bits per heavy atom. The van der Waals surface area contributed by atoms with Crippen LogP contribution in [0.2, 0.25) is 0 Å². The zero-order valence-corrected chi connectivity index (χ0v) is 11.5. The first-order valence-electron chi connectivity index (χ1n) is 6.74. The van der Waals surface area contributed by atoms with E-state index in [1.165, 1.54) is 0 Å². The molecule has 1 rings (SSSR count). The molecule has 0 aliphatic heterocycles. The predicted molar refractivity (Wildman–Crippen MR) is 69.5 cm³/mol. The lowest BCUT2D eigenvalue weighted by Crippen LogP contribution is -2.57. The number of aliphatic carboxylic acids is 1. The molecule has 0 bridgehead atoms. The van der Waals surface area contributed by atoms with Gasteiger partial charge < -0.3 is 15.3 Å². The highest BCUT2D eigenvalue weighted by molar-refractivity contribution is 5.76. The molecule has 18 heavy (non-hydrogen) atoms. The van der Waals surface area contributed by atoms with Crippen molar-refractivity contribution in [3.05, 3.63) is 0 Å². The van der Waals surface area contributed by atoms with E-state index >= 15 is 0 Å². The highest BCUT2D eigenvalue weighted by Crippen LogP contribution is 2.34. The Hall–Kier alpha value is -1.26. The highest BCUT2D eigenvalue weighted by atomic mass is 16.4. The maximum atomic E-state index is 12.1. The Morgan fingerprint density at radius 2 is 2.00 bits per heavy atom. The maximum absolute atomic E-state index is 12.1. The fourth-order valence-corrected chi connectivity index (χ4v) is 2.24. The van der Waals surface area contributed by atoms with Crippen LogP contribution in [-0.4, -0.2) is 40.6 Å². The van der Waals surface area contributed by atoms with Crippen LogP contribution in [0, 0.1) is 5.92 Å². The second-order valence-electron chi connectivity index (χ2n) is 5.20. The van der Waals surface area contributed by atoms with Crippen LogP contribution < -0.4 is 5.32 Å². The third-order valence-electron chi connectivity index (χ3n) is 3.94. The summed E-state index contributed by atoms with van der Waals surface area (Å²) in [7, 11) is 0. The second-order valence-corrected chi connectivity index (χ2v) is 5.20. The molecule has 1 unspecified atom stereocenters. The number of rotatable bonds is 6. The standard InChI is InChI=1S/C13H24N2O3/c1-4-13(7-6-8-13)14-12(18)15(5-2)9-10(3)11(16)17/h10H,4-9H2,1-3H3,(H,14,18)(H,16,17). The smallest absolute Gasteiger partial charge is 0.317 e. The molecule has 5 heteroatoms.